The average molecular weight is 265 g/mol. The van der Waals surface area contributed by atoms with Crippen LogP contribution in [0.3, 0.4) is 0 Å². The lowest BCUT2D eigenvalue weighted by atomic mass is 10.3. The van der Waals surface area contributed by atoms with Crippen LogP contribution in [0.4, 0.5) is 13.2 Å². The minimum absolute atomic E-state index is 0.0504. The van der Waals surface area contributed by atoms with E-state index in [2.05, 4.69) is 21.0 Å². The van der Waals surface area contributed by atoms with Gasteiger partial charge in [-0.05, 0) is 18.2 Å². The zero-order valence-corrected chi connectivity index (χ0v) is 8.30. The Bertz CT molecular complexity index is 475. The minimum atomic E-state index is -4.46. The van der Waals surface area contributed by atoms with Crippen molar-refractivity contribution in [1.82, 2.24) is 9.78 Å². The second-order valence-corrected chi connectivity index (χ2v) is 3.64. The second kappa shape index (κ2) is 2.98. The van der Waals surface area contributed by atoms with Crippen LogP contribution in [0.5, 0.6) is 0 Å². The molecule has 1 aromatic heterocycles. The van der Waals surface area contributed by atoms with Gasteiger partial charge in [-0.15, -0.1) is 13.2 Å². The highest BCUT2D eigenvalue weighted by Crippen LogP contribution is 2.27. The minimum Gasteiger partial charge on any atom is -0.173 e. The molecule has 0 aliphatic rings. The fourth-order valence-corrected chi connectivity index (χ4v) is 1.58. The first-order valence-electron chi connectivity index (χ1n) is 3.69. The van der Waals surface area contributed by atoms with Crippen molar-refractivity contribution in [3.8, 4) is 0 Å². The van der Waals surface area contributed by atoms with Crippen LogP contribution in [0.1, 0.15) is 0 Å². The van der Waals surface area contributed by atoms with Crippen LogP contribution in [-0.4, -0.2) is 9.78 Å². The van der Waals surface area contributed by atoms with Crippen molar-refractivity contribution in [2.24, 2.45) is 0 Å². The lowest BCUT2D eigenvalue weighted by Crippen LogP contribution is -2.17. The van der Waals surface area contributed by atoms with Crippen LogP contribution in [0.25, 0.3) is 10.9 Å². The first-order chi connectivity index (χ1) is 6.48. The molecule has 74 valence electrons. The first-order valence-corrected chi connectivity index (χ1v) is 4.48. The molecule has 0 saturated heterocycles. The van der Waals surface area contributed by atoms with Gasteiger partial charge in [-0.25, -0.2) is 0 Å². The van der Waals surface area contributed by atoms with E-state index in [4.69, 9.17) is 0 Å². The molecule has 0 aliphatic heterocycles. The van der Waals surface area contributed by atoms with Gasteiger partial charge in [0.05, 0.1) is 11.7 Å². The summed E-state index contributed by atoms with van der Waals surface area (Å²) in [5.74, 6) is 0. The van der Waals surface area contributed by atoms with Gasteiger partial charge in [0, 0.05) is 9.86 Å². The molecule has 2 rings (SSSR count). The highest BCUT2D eigenvalue weighted by atomic mass is 79.9. The molecular weight excluding hydrogens is 261 g/mol. The molecule has 1 aromatic carbocycles. The lowest BCUT2D eigenvalue weighted by molar-refractivity contribution is -0.209. The monoisotopic (exact) mass is 264 g/mol. The number of hydrogen-bond donors (Lipinski definition) is 0. The average Bonchev–Trinajstić information content (AvgIpc) is 2.45. The van der Waals surface area contributed by atoms with E-state index in [1.807, 2.05) is 0 Å². The molecule has 0 spiro atoms. The van der Waals surface area contributed by atoms with E-state index in [1.165, 1.54) is 12.3 Å². The van der Waals surface area contributed by atoms with Gasteiger partial charge in [0.1, 0.15) is 0 Å². The molecule has 2 nitrogen and oxygen atoms in total. The third-order valence-electron chi connectivity index (χ3n) is 1.77. The molecular formula is C8H4BrF3N2. The van der Waals surface area contributed by atoms with Gasteiger partial charge in [0.25, 0.3) is 0 Å². The topological polar surface area (TPSA) is 17.8 Å². The molecule has 0 atom stereocenters. The second-order valence-electron chi connectivity index (χ2n) is 2.73. The molecule has 0 saturated carbocycles. The number of benzene rings is 1. The summed E-state index contributed by atoms with van der Waals surface area (Å²) in [7, 11) is 0. The number of alkyl halides is 3. The SMILES string of the molecule is FC(F)(F)n1ncc2cc(Br)ccc21. The van der Waals surface area contributed by atoms with E-state index in [9.17, 15) is 13.2 Å². The maximum atomic E-state index is 12.3. The molecule has 0 N–H and O–H groups in total. The molecule has 1 heterocycles. The summed E-state index contributed by atoms with van der Waals surface area (Å²) in [5.41, 5.74) is 0.0562. The molecule has 0 amide bonds. The standard InChI is InChI=1S/C8H4BrF3N2/c9-6-1-2-7-5(3-6)4-13-14(7)8(10,11)12/h1-4H. The normalized spacial score (nSPS) is 12.3. The molecule has 0 unspecified atom stereocenters. The summed E-state index contributed by atoms with van der Waals surface area (Å²) >= 11 is 3.17. The fourth-order valence-electron chi connectivity index (χ4n) is 1.21. The molecule has 14 heavy (non-hydrogen) atoms. The van der Waals surface area contributed by atoms with Gasteiger partial charge in [0.2, 0.25) is 0 Å². The van der Waals surface area contributed by atoms with Crippen LogP contribution in [0, 0.1) is 0 Å². The van der Waals surface area contributed by atoms with Gasteiger partial charge in [-0.3, -0.25) is 0 Å². The van der Waals surface area contributed by atoms with Gasteiger partial charge in [0.15, 0.2) is 0 Å². The van der Waals surface area contributed by atoms with Gasteiger partial charge in [-0.1, -0.05) is 15.9 Å². The summed E-state index contributed by atoms with van der Waals surface area (Å²) in [5, 5.41) is 3.73. The largest absolute Gasteiger partial charge is 0.505 e. The summed E-state index contributed by atoms with van der Waals surface area (Å²) in [6.45, 7) is 0. The maximum absolute atomic E-state index is 12.3. The van der Waals surface area contributed by atoms with Gasteiger partial charge in [-0.2, -0.15) is 9.78 Å². The van der Waals surface area contributed by atoms with Crippen molar-refractivity contribution < 1.29 is 13.2 Å². The number of aromatic nitrogens is 2. The number of fused-ring (bicyclic) bond motifs is 1. The Balaban J connectivity index is 2.70. The van der Waals surface area contributed by atoms with E-state index in [1.54, 1.807) is 12.1 Å². The Morgan fingerprint density at radius 2 is 2.00 bits per heavy atom. The van der Waals surface area contributed by atoms with Gasteiger partial charge >= 0.3 is 6.30 Å². The van der Waals surface area contributed by atoms with Crippen LogP contribution in [0.2, 0.25) is 0 Å². The van der Waals surface area contributed by atoms with E-state index < -0.39 is 6.30 Å². The van der Waals surface area contributed by atoms with E-state index in [-0.39, 0.29) is 10.2 Å². The first kappa shape index (κ1) is 9.51. The Hall–Kier alpha value is -1.04. The molecule has 6 heteroatoms. The summed E-state index contributed by atoms with van der Waals surface area (Å²) < 4.78 is 37.8. The van der Waals surface area contributed by atoms with Crippen LogP contribution in [-0.2, 0) is 6.30 Å². The van der Waals surface area contributed by atoms with Crippen molar-refractivity contribution >= 4 is 26.8 Å². The van der Waals surface area contributed by atoms with Crippen LogP contribution >= 0.6 is 15.9 Å². The van der Waals surface area contributed by atoms with Crippen molar-refractivity contribution in [2.45, 2.75) is 6.30 Å². The quantitative estimate of drug-likeness (QED) is 0.714. The number of rotatable bonds is 0. The third kappa shape index (κ3) is 1.50. The molecule has 0 aliphatic carbocycles. The van der Waals surface area contributed by atoms with Crippen LogP contribution < -0.4 is 0 Å². The van der Waals surface area contributed by atoms with Crippen molar-refractivity contribution in [1.29, 1.82) is 0 Å². The highest BCUT2D eigenvalue weighted by Gasteiger charge is 2.33. The van der Waals surface area contributed by atoms with Gasteiger partial charge < -0.3 is 0 Å². The maximum Gasteiger partial charge on any atom is 0.505 e. The fraction of sp³-hybridized carbons (Fsp3) is 0.125. The highest BCUT2D eigenvalue weighted by molar-refractivity contribution is 9.10. The Kier molecular flexibility index (Phi) is 2.02. The molecule has 0 bridgehead atoms. The van der Waals surface area contributed by atoms with E-state index in [0.29, 0.717) is 5.39 Å². The predicted molar refractivity (Wildman–Crippen MR) is 48.7 cm³/mol. The predicted octanol–water partition coefficient (Wildman–Crippen LogP) is 3.28. The van der Waals surface area contributed by atoms with Crippen LogP contribution in [0.15, 0.2) is 28.9 Å². The molecule has 0 radical (unpaired) electrons. The molecule has 2 aromatic rings. The number of hydrogen-bond acceptors (Lipinski definition) is 1. The Morgan fingerprint density at radius 1 is 1.29 bits per heavy atom. The zero-order chi connectivity index (χ0) is 10.3. The smallest absolute Gasteiger partial charge is 0.173 e. The summed E-state index contributed by atoms with van der Waals surface area (Å²) in [6.07, 6.45) is -3.27. The van der Waals surface area contributed by atoms with Crippen molar-refractivity contribution in [3.05, 3.63) is 28.9 Å². The summed E-state index contributed by atoms with van der Waals surface area (Å²) in [6, 6.07) is 4.51. The van der Waals surface area contributed by atoms with Crippen molar-refractivity contribution in [2.75, 3.05) is 0 Å². The lowest BCUT2D eigenvalue weighted by Gasteiger charge is -2.06. The van der Waals surface area contributed by atoms with E-state index in [0.717, 1.165) is 4.47 Å². The summed E-state index contributed by atoms with van der Waals surface area (Å²) in [4.78, 5) is 0. The Morgan fingerprint density at radius 3 is 2.64 bits per heavy atom. The van der Waals surface area contributed by atoms with E-state index >= 15 is 0 Å². The molecule has 0 fully saturated rings. The third-order valence-corrected chi connectivity index (χ3v) is 2.26. The van der Waals surface area contributed by atoms with Crippen molar-refractivity contribution in [3.63, 3.8) is 0 Å². The number of nitrogens with zero attached hydrogens (tertiary/aromatic N) is 2. The number of halogens is 4. The zero-order valence-electron chi connectivity index (χ0n) is 6.72. The Labute approximate surface area is 85.4 Å².